The summed E-state index contributed by atoms with van der Waals surface area (Å²) in [6, 6.07) is 18.8. The first-order valence-electron chi connectivity index (χ1n) is 10.7. The van der Waals surface area contributed by atoms with E-state index in [9.17, 15) is 23.5 Å². The fourth-order valence-electron chi connectivity index (χ4n) is 4.13. The van der Waals surface area contributed by atoms with Crippen LogP contribution in [0.5, 0.6) is 0 Å². The lowest BCUT2D eigenvalue weighted by Crippen LogP contribution is -2.31. The molecule has 5 rings (SSSR count). The van der Waals surface area contributed by atoms with Crippen molar-refractivity contribution in [2.24, 2.45) is 0 Å². The number of rotatable bonds is 5. The van der Waals surface area contributed by atoms with Crippen LogP contribution in [0, 0.1) is 18.6 Å². The number of ketones is 1. The molecule has 1 N–H and O–H groups in total. The van der Waals surface area contributed by atoms with Crippen LogP contribution in [0.25, 0.3) is 10.6 Å². The third kappa shape index (κ3) is 3.91. The topological polar surface area (TPSA) is 70.5 Å². The molecule has 1 unspecified atom stereocenters. The monoisotopic (exact) mass is 488 g/mol. The van der Waals surface area contributed by atoms with Crippen LogP contribution in [0.3, 0.4) is 0 Å². The van der Waals surface area contributed by atoms with Gasteiger partial charge in [0.1, 0.15) is 16.6 Å². The van der Waals surface area contributed by atoms with Crippen molar-refractivity contribution in [1.29, 1.82) is 0 Å². The minimum atomic E-state index is -1.25. The lowest BCUT2D eigenvalue weighted by Gasteiger charge is -2.27. The molecule has 1 aliphatic rings. The highest BCUT2D eigenvalue weighted by atomic mass is 32.1. The van der Waals surface area contributed by atoms with E-state index >= 15 is 0 Å². The number of aliphatic hydroxyl groups excluding tert-OH is 1. The number of aryl methyl sites for hydroxylation is 1. The normalized spacial score (nSPS) is 15.7. The second-order valence-corrected chi connectivity index (χ2v) is 8.97. The summed E-state index contributed by atoms with van der Waals surface area (Å²) in [6.07, 6.45) is 0. The molecule has 1 amide bonds. The number of carbonyl (C=O) groups is 2. The minimum Gasteiger partial charge on any atom is -0.503 e. The number of halogens is 2. The summed E-state index contributed by atoms with van der Waals surface area (Å²) in [7, 11) is 0. The number of carbonyl (C=O) groups excluding carboxylic acids is 2. The largest absolute Gasteiger partial charge is 0.503 e. The summed E-state index contributed by atoms with van der Waals surface area (Å²) in [5, 5.41) is 11.5. The number of aromatic nitrogens is 1. The van der Waals surface area contributed by atoms with Crippen molar-refractivity contribution in [3.05, 3.63) is 118 Å². The van der Waals surface area contributed by atoms with Gasteiger partial charge >= 0.3 is 0 Å². The summed E-state index contributed by atoms with van der Waals surface area (Å²) in [6.45, 7) is 1.67. The molecule has 8 heteroatoms. The van der Waals surface area contributed by atoms with E-state index < -0.39 is 35.1 Å². The highest BCUT2D eigenvalue weighted by Crippen LogP contribution is 2.44. The van der Waals surface area contributed by atoms with E-state index in [-0.39, 0.29) is 21.7 Å². The Kier molecular flexibility index (Phi) is 5.74. The number of nitrogens with zero attached hydrogens (tertiary/aromatic N) is 2. The molecule has 3 aromatic carbocycles. The standard InChI is InChI=1S/C27H18F2N2O3S/c1-15-25(35-26(30-15)16-7-3-2-4-8-16)23(32)21-22(19-9-5-6-10-20(19)29)31(27(34)24(21)33)18-13-11-17(28)12-14-18/h2-14,22,33H,1H3. The number of amides is 1. The summed E-state index contributed by atoms with van der Waals surface area (Å²) in [4.78, 5) is 32.8. The zero-order valence-electron chi connectivity index (χ0n) is 18.4. The molecular formula is C27H18F2N2O3S. The maximum absolute atomic E-state index is 15.0. The lowest BCUT2D eigenvalue weighted by molar-refractivity contribution is -0.117. The Labute approximate surface area is 203 Å². The first kappa shape index (κ1) is 22.6. The van der Waals surface area contributed by atoms with Crippen LogP contribution in [0.15, 0.2) is 90.2 Å². The van der Waals surface area contributed by atoms with Gasteiger partial charge in [0.15, 0.2) is 5.76 Å². The highest BCUT2D eigenvalue weighted by Gasteiger charge is 2.46. The third-order valence-electron chi connectivity index (χ3n) is 5.78. The van der Waals surface area contributed by atoms with Gasteiger partial charge < -0.3 is 5.11 Å². The van der Waals surface area contributed by atoms with Crippen molar-refractivity contribution < 1.29 is 23.5 Å². The Morgan fingerprint density at radius 1 is 0.971 bits per heavy atom. The Balaban J connectivity index is 1.65. The molecular weight excluding hydrogens is 470 g/mol. The number of aliphatic hydroxyl groups is 1. The third-order valence-corrected chi connectivity index (χ3v) is 6.99. The number of thiazole rings is 1. The SMILES string of the molecule is Cc1nc(-c2ccccc2)sc1C(=O)C1=C(O)C(=O)N(c2ccc(F)cc2)C1c1ccccc1F. The van der Waals surface area contributed by atoms with E-state index in [0.29, 0.717) is 10.7 Å². The van der Waals surface area contributed by atoms with Crippen molar-refractivity contribution in [2.75, 3.05) is 4.90 Å². The van der Waals surface area contributed by atoms with Gasteiger partial charge in [-0.1, -0.05) is 48.5 Å². The number of Topliss-reactive ketones (excluding diaryl/α,β-unsaturated/α-hetero) is 1. The Morgan fingerprint density at radius 3 is 2.31 bits per heavy atom. The van der Waals surface area contributed by atoms with Crippen LogP contribution in [0.2, 0.25) is 0 Å². The number of hydrogen-bond donors (Lipinski definition) is 1. The molecule has 1 aliphatic heterocycles. The molecule has 0 aliphatic carbocycles. The van der Waals surface area contributed by atoms with Crippen molar-refractivity contribution >= 4 is 28.7 Å². The Bertz CT molecular complexity index is 1480. The smallest absolute Gasteiger partial charge is 0.294 e. The van der Waals surface area contributed by atoms with Gasteiger partial charge in [0.2, 0.25) is 5.78 Å². The molecule has 0 saturated carbocycles. The molecule has 174 valence electrons. The second kappa shape index (κ2) is 8.88. The Morgan fingerprint density at radius 2 is 1.63 bits per heavy atom. The van der Waals surface area contributed by atoms with Crippen LogP contribution in [-0.2, 0) is 4.79 Å². The first-order chi connectivity index (χ1) is 16.9. The summed E-state index contributed by atoms with van der Waals surface area (Å²) in [5.74, 6) is -3.44. The molecule has 2 heterocycles. The fourth-order valence-corrected chi connectivity index (χ4v) is 5.16. The number of hydrogen-bond acceptors (Lipinski definition) is 5. The van der Waals surface area contributed by atoms with Gasteiger partial charge in [-0.25, -0.2) is 13.8 Å². The van der Waals surface area contributed by atoms with Gasteiger partial charge in [0.05, 0.1) is 22.2 Å². The van der Waals surface area contributed by atoms with E-state index in [1.54, 1.807) is 13.0 Å². The quantitative estimate of drug-likeness (QED) is 0.341. The maximum atomic E-state index is 15.0. The zero-order valence-corrected chi connectivity index (χ0v) is 19.2. The summed E-state index contributed by atoms with van der Waals surface area (Å²) in [5.41, 5.74) is 1.24. The molecule has 4 aromatic rings. The van der Waals surface area contributed by atoms with Crippen molar-refractivity contribution in [3.8, 4) is 10.6 Å². The molecule has 5 nitrogen and oxygen atoms in total. The second-order valence-electron chi connectivity index (χ2n) is 7.97. The van der Waals surface area contributed by atoms with Crippen LogP contribution in [-0.4, -0.2) is 21.8 Å². The average molecular weight is 489 g/mol. The van der Waals surface area contributed by atoms with Crippen molar-refractivity contribution in [3.63, 3.8) is 0 Å². The molecule has 1 aromatic heterocycles. The molecule has 0 saturated heterocycles. The van der Waals surface area contributed by atoms with Gasteiger partial charge in [-0.05, 0) is 37.3 Å². The van der Waals surface area contributed by atoms with Crippen molar-refractivity contribution in [1.82, 2.24) is 4.98 Å². The van der Waals surface area contributed by atoms with Crippen LogP contribution < -0.4 is 4.90 Å². The number of benzene rings is 3. The highest BCUT2D eigenvalue weighted by molar-refractivity contribution is 7.17. The predicted octanol–water partition coefficient (Wildman–Crippen LogP) is 6.18. The van der Waals surface area contributed by atoms with E-state index in [1.807, 2.05) is 30.3 Å². The van der Waals surface area contributed by atoms with Gasteiger partial charge in [0, 0.05) is 16.8 Å². The van der Waals surface area contributed by atoms with E-state index in [4.69, 9.17) is 0 Å². The predicted molar refractivity (Wildman–Crippen MR) is 129 cm³/mol. The molecule has 0 spiro atoms. The lowest BCUT2D eigenvalue weighted by atomic mass is 9.94. The zero-order chi connectivity index (χ0) is 24.7. The van der Waals surface area contributed by atoms with E-state index in [2.05, 4.69) is 4.98 Å². The molecule has 35 heavy (non-hydrogen) atoms. The van der Waals surface area contributed by atoms with E-state index in [0.717, 1.165) is 33.9 Å². The number of anilines is 1. The van der Waals surface area contributed by atoms with Crippen LogP contribution in [0.1, 0.15) is 27.0 Å². The fraction of sp³-hybridized carbons (Fsp3) is 0.0741. The van der Waals surface area contributed by atoms with Crippen molar-refractivity contribution in [2.45, 2.75) is 13.0 Å². The van der Waals surface area contributed by atoms with Gasteiger partial charge in [0.25, 0.3) is 5.91 Å². The van der Waals surface area contributed by atoms with Gasteiger partial charge in [-0.2, -0.15) is 0 Å². The first-order valence-corrected chi connectivity index (χ1v) is 11.5. The maximum Gasteiger partial charge on any atom is 0.294 e. The van der Waals surface area contributed by atoms with Gasteiger partial charge in [-0.3, -0.25) is 14.5 Å². The summed E-state index contributed by atoms with van der Waals surface area (Å²) >= 11 is 1.13. The minimum absolute atomic E-state index is 0.0306. The average Bonchev–Trinajstić information content (AvgIpc) is 3.38. The molecule has 1 atom stereocenters. The van der Waals surface area contributed by atoms with E-state index in [1.165, 1.54) is 30.3 Å². The van der Waals surface area contributed by atoms with Gasteiger partial charge in [-0.15, -0.1) is 11.3 Å². The molecule has 0 radical (unpaired) electrons. The van der Waals surface area contributed by atoms with Crippen LogP contribution in [0.4, 0.5) is 14.5 Å². The summed E-state index contributed by atoms with van der Waals surface area (Å²) < 4.78 is 28.5. The van der Waals surface area contributed by atoms with Crippen LogP contribution >= 0.6 is 11.3 Å². The Hall–Kier alpha value is -4.17. The molecule has 0 fully saturated rings. The molecule has 0 bridgehead atoms.